The Morgan fingerprint density at radius 3 is 2.33 bits per heavy atom. The third kappa shape index (κ3) is 3.83. The van der Waals surface area contributed by atoms with E-state index in [-0.39, 0.29) is 22.8 Å². The van der Waals surface area contributed by atoms with Crippen LogP contribution in [0.4, 0.5) is 29.1 Å². The Kier molecular flexibility index (Phi) is 4.89. The number of halogens is 4. The zero-order chi connectivity index (χ0) is 21.5. The second kappa shape index (κ2) is 7.40. The van der Waals surface area contributed by atoms with Crippen LogP contribution in [0.3, 0.4) is 0 Å². The summed E-state index contributed by atoms with van der Waals surface area (Å²) in [5.74, 6) is -1.46. The van der Waals surface area contributed by atoms with Gasteiger partial charge in [0.25, 0.3) is 0 Å². The van der Waals surface area contributed by atoms with Crippen LogP contribution in [0.15, 0.2) is 48.5 Å². The molecule has 0 atom stereocenters. The molecule has 0 fully saturated rings. The molecule has 0 spiro atoms. The maximum absolute atomic E-state index is 14.1. The minimum Gasteiger partial charge on any atom is -0.336 e. The molecule has 154 valence electrons. The summed E-state index contributed by atoms with van der Waals surface area (Å²) in [5.41, 5.74) is 2.32. The molecule has 0 saturated heterocycles. The fourth-order valence-corrected chi connectivity index (χ4v) is 3.09. The van der Waals surface area contributed by atoms with Gasteiger partial charge in [0.1, 0.15) is 5.82 Å². The summed E-state index contributed by atoms with van der Waals surface area (Å²) in [6.07, 6.45) is -4.35. The third-order valence-electron chi connectivity index (χ3n) is 4.65. The van der Waals surface area contributed by atoms with Crippen LogP contribution in [0.25, 0.3) is 11.3 Å². The first kappa shape index (κ1) is 19.8. The Hall–Kier alpha value is -3.49. The molecular formula is C21H17F4N5. The molecule has 4 rings (SSSR count). The lowest BCUT2D eigenvalue weighted by atomic mass is 10.1. The fraction of sp³-hybridized carbons (Fsp3) is 0.190. The number of anilines is 2. The number of aromatic nitrogens is 4. The molecule has 0 saturated carbocycles. The zero-order valence-electron chi connectivity index (χ0n) is 16.1. The van der Waals surface area contributed by atoms with E-state index < -0.39 is 17.8 Å². The predicted octanol–water partition coefficient (Wildman–Crippen LogP) is 5.16. The quantitative estimate of drug-likeness (QED) is 0.468. The average Bonchev–Trinajstić information content (AvgIpc) is 3.02. The van der Waals surface area contributed by atoms with Gasteiger partial charge in [-0.3, -0.25) is 0 Å². The van der Waals surface area contributed by atoms with E-state index in [1.807, 2.05) is 31.2 Å². The number of imidazole rings is 1. The molecular weight excluding hydrogens is 398 g/mol. The minimum absolute atomic E-state index is 0.00326. The van der Waals surface area contributed by atoms with Crippen molar-refractivity contribution in [3.8, 4) is 0 Å². The lowest BCUT2D eigenvalue weighted by Crippen LogP contribution is -2.12. The van der Waals surface area contributed by atoms with Gasteiger partial charge in [-0.05, 0) is 24.6 Å². The Labute approximate surface area is 169 Å². The SMILES string of the molecule is Cc1ccc(Cc2nc3c(nc2Nc2ccccc2F)nc(C(F)(F)F)n3C)cc1. The van der Waals surface area contributed by atoms with E-state index in [0.717, 1.165) is 15.7 Å². The van der Waals surface area contributed by atoms with Crippen LogP contribution in [0.5, 0.6) is 0 Å². The van der Waals surface area contributed by atoms with Crippen LogP contribution in [0.2, 0.25) is 0 Å². The molecule has 2 aromatic heterocycles. The molecule has 1 N–H and O–H groups in total. The van der Waals surface area contributed by atoms with Crippen LogP contribution in [-0.2, 0) is 19.6 Å². The maximum atomic E-state index is 14.1. The van der Waals surface area contributed by atoms with Gasteiger partial charge in [0, 0.05) is 13.5 Å². The summed E-state index contributed by atoms with van der Waals surface area (Å²) in [6.45, 7) is 1.95. The van der Waals surface area contributed by atoms with Gasteiger partial charge in [-0.15, -0.1) is 0 Å². The Bertz CT molecular complexity index is 1210. The molecule has 2 aromatic carbocycles. The number of nitrogens with one attached hydrogen (secondary N) is 1. The highest BCUT2D eigenvalue weighted by Crippen LogP contribution is 2.31. The molecule has 5 nitrogen and oxygen atoms in total. The number of hydrogen-bond donors (Lipinski definition) is 1. The number of nitrogens with zero attached hydrogens (tertiary/aromatic N) is 4. The number of alkyl halides is 3. The Morgan fingerprint density at radius 2 is 1.67 bits per heavy atom. The summed E-state index contributed by atoms with van der Waals surface area (Å²) in [4.78, 5) is 12.3. The Balaban J connectivity index is 1.85. The zero-order valence-corrected chi connectivity index (χ0v) is 16.1. The molecule has 2 heterocycles. The van der Waals surface area contributed by atoms with E-state index in [4.69, 9.17) is 0 Å². The van der Waals surface area contributed by atoms with Crippen LogP contribution < -0.4 is 5.32 Å². The number of para-hydroxylation sites is 1. The average molecular weight is 415 g/mol. The fourth-order valence-electron chi connectivity index (χ4n) is 3.09. The molecule has 0 bridgehead atoms. The van der Waals surface area contributed by atoms with E-state index in [1.54, 1.807) is 6.07 Å². The first-order valence-corrected chi connectivity index (χ1v) is 9.10. The lowest BCUT2D eigenvalue weighted by Gasteiger charge is -2.12. The lowest BCUT2D eigenvalue weighted by molar-refractivity contribution is -0.146. The largest absolute Gasteiger partial charge is 0.449 e. The molecule has 0 amide bonds. The normalized spacial score (nSPS) is 11.8. The predicted molar refractivity (Wildman–Crippen MR) is 105 cm³/mol. The van der Waals surface area contributed by atoms with Crippen LogP contribution in [0.1, 0.15) is 22.6 Å². The van der Waals surface area contributed by atoms with Crippen molar-refractivity contribution in [1.82, 2.24) is 19.5 Å². The van der Waals surface area contributed by atoms with Crippen molar-refractivity contribution in [2.45, 2.75) is 19.5 Å². The van der Waals surface area contributed by atoms with Crippen molar-refractivity contribution in [2.24, 2.45) is 7.05 Å². The summed E-state index contributed by atoms with van der Waals surface area (Å²) in [7, 11) is 1.24. The minimum atomic E-state index is -4.65. The molecule has 0 unspecified atom stereocenters. The number of hydrogen-bond acceptors (Lipinski definition) is 4. The van der Waals surface area contributed by atoms with Gasteiger partial charge in [0.15, 0.2) is 17.1 Å². The van der Waals surface area contributed by atoms with Crippen molar-refractivity contribution in [1.29, 1.82) is 0 Å². The first-order chi connectivity index (χ1) is 14.2. The molecule has 0 radical (unpaired) electrons. The highest BCUT2D eigenvalue weighted by atomic mass is 19.4. The van der Waals surface area contributed by atoms with Crippen molar-refractivity contribution < 1.29 is 17.6 Å². The second-order valence-electron chi connectivity index (χ2n) is 6.93. The van der Waals surface area contributed by atoms with Crippen molar-refractivity contribution in [2.75, 3.05) is 5.32 Å². The number of fused-ring (bicyclic) bond motifs is 1. The monoisotopic (exact) mass is 415 g/mol. The van der Waals surface area contributed by atoms with E-state index in [0.29, 0.717) is 12.1 Å². The van der Waals surface area contributed by atoms with Gasteiger partial charge in [0.05, 0.1) is 11.4 Å². The molecule has 9 heteroatoms. The number of benzene rings is 2. The molecule has 0 aliphatic rings. The summed E-state index contributed by atoms with van der Waals surface area (Å²) < 4.78 is 54.8. The highest BCUT2D eigenvalue weighted by Gasteiger charge is 2.37. The van der Waals surface area contributed by atoms with E-state index in [1.165, 1.54) is 25.2 Å². The maximum Gasteiger partial charge on any atom is 0.449 e. The van der Waals surface area contributed by atoms with E-state index in [2.05, 4.69) is 20.3 Å². The van der Waals surface area contributed by atoms with Crippen LogP contribution in [-0.4, -0.2) is 19.5 Å². The van der Waals surface area contributed by atoms with Crippen molar-refractivity contribution in [3.63, 3.8) is 0 Å². The van der Waals surface area contributed by atoms with Crippen LogP contribution in [0, 0.1) is 12.7 Å². The second-order valence-corrected chi connectivity index (χ2v) is 6.93. The van der Waals surface area contributed by atoms with Crippen molar-refractivity contribution in [3.05, 3.63) is 77.0 Å². The van der Waals surface area contributed by atoms with Gasteiger partial charge in [-0.2, -0.15) is 13.2 Å². The van der Waals surface area contributed by atoms with Gasteiger partial charge < -0.3 is 9.88 Å². The topological polar surface area (TPSA) is 55.6 Å². The first-order valence-electron chi connectivity index (χ1n) is 9.10. The number of aryl methyl sites for hydroxylation is 2. The van der Waals surface area contributed by atoms with Gasteiger partial charge in [0.2, 0.25) is 5.82 Å². The third-order valence-corrected chi connectivity index (χ3v) is 4.65. The molecule has 4 aromatic rings. The van der Waals surface area contributed by atoms with Gasteiger partial charge in [-0.1, -0.05) is 42.0 Å². The number of rotatable bonds is 4. The molecule has 0 aliphatic heterocycles. The van der Waals surface area contributed by atoms with Crippen LogP contribution >= 0.6 is 0 Å². The van der Waals surface area contributed by atoms with Crippen molar-refractivity contribution >= 4 is 22.8 Å². The van der Waals surface area contributed by atoms with E-state index >= 15 is 0 Å². The molecule has 0 aliphatic carbocycles. The summed E-state index contributed by atoms with van der Waals surface area (Å²) in [6, 6.07) is 13.6. The Morgan fingerprint density at radius 1 is 0.967 bits per heavy atom. The van der Waals surface area contributed by atoms with E-state index in [9.17, 15) is 17.6 Å². The smallest absolute Gasteiger partial charge is 0.336 e. The van der Waals surface area contributed by atoms with Gasteiger partial charge in [-0.25, -0.2) is 19.3 Å². The molecule has 30 heavy (non-hydrogen) atoms. The highest BCUT2D eigenvalue weighted by molar-refractivity contribution is 5.72. The van der Waals surface area contributed by atoms with Gasteiger partial charge >= 0.3 is 6.18 Å². The standard InChI is InChI=1S/C21H17F4N5/c1-12-7-9-13(10-8-12)11-16-17(26-15-6-4-3-5-14(15)22)28-18-19(27-16)30(2)20(29-18)21(23,24)25/h3-10H,11H2,1-2H3,(H,26,28). The summed E-state index contributed by atoms with van der Waals surface area (Å²) in [5, 5.41) is 2.85. The summed E-state index contributed by atoms with van der Waals surface area (Å²) >= 11 is 0.